The fourth-order valence-electron chi connectivity index (χ4n) is 1.42. The van der Waals surface area contributed by atoms with Crippen LogP contribution in [0.1, 0.15) is 13.8 Å². The smallest absolute Gasteiger partial charge is 0.272 e. The molecule has 0 radical (unpaired) electrons. The fraction of sp³-hybridized carbons (Fsp3) is 0.417. The molecule has 102 valence electrons. The summed E-state index contributed by atoms with van der Waals surface area (Å²) in [5.41, 5.74) is -0.345. The van der Waals surface area contributed by atoms with E-state index in [1.54, 1.807) is 0 Å². The number of nitrogens with one attached hydrogen (secondary N) is 1. The quantitative estimate of drug-likeness (QED) is 0.629. The van der Waals surface area contributed by atoms with Gasteiger partial charge >= 0.3 is 0 Å². The van der Waals surface area contributed by atoms with Gasteiger partial charge in [-0.2, -0.15) is 5.26 Å². The van der Waals surface area contributed by atoms with Crippen LogP contribution in [0.3, 0.4) is 0 Å². The van der Waals surface area contributed by atoms with Crippen LogP contribution < -0.4 is 10.1 Å². The monoisotopic (exact) mass is 267 g/mol. The van der Waals surface area contributed by atoms with Crippen molar-refractivity contribution in [2.24, 2.45) is 0 Å². The SMILES string of the molecule is CC(C)NC(C#N)COc1ccc([N+](=O)[O-])cc1F. The molecule has 0 aliphatic heterocycles. The molecule has 0 bridgehead atoms. The van der Waals surface area contributed by atoms with Crippen molar-refractivity contribution in [3.8, 4) is 11.8 Å². The van der Waals surface area contributed by atoms with Crippen LogP contribution >= 0.6 is 0 Å². The number of rotatable bonds is 6. The number of benzene rings is 1. The molecule has 0 aromatic heterocycles. The van der Waals surface area contributed by atoms with E-state index in [-0.39, 0.29) is 24.1 Å². The molecule has 1 unspecified atom stereocenters. The molecule has 19 heavy (non-hydrogen) atoms. The topological polar surface area (TPSA) is 88.2 Å². The van der Waals surface area contributed by atoms with Gasteiger partial charge in [0.15, 0.2) is 11.6 Å². The van der Waals surface area contributed by atoms with Crippen LogP contribution in [0.15, 0.2) is 18.2 Å². The molecule has 7 heteroatoms. The van der Waals surface area contributed by atoms with Crippen molar-refractivity contribution in [1.82, 2.24) is 5.32 Å². The maximum Gasteiger partial charge on any atom is 0.272 e. The molecule has 1 N–H and O–H groups in total. The van der Waals surface area contributed by atoms with E-state index < -0.39 is 16.8 Å². The van der Waals surface area contributed by atoms with Gasteiger partial charge in [-0.05, 0) is 19.9 Å². The molecule has 0 saturated carbocycles. The van der Waals surface area contributed by atoms with E-state index in [0.29, 0.717) is 0 Å². The summed E-state index contributed by atoms with van der Waals surface area (Å²) in [6, 6.07) is 4.61. The van der Waals surface area contributed by atoms with Crippen LogP contribution in [0.25, 0.3) is 0 Å². The summed E-state index contributed by atoms with van der Waals surface area (Å²) in [5.74, 6) is -0.938. The second-order valence-electron chi connectivity index (χ2n) is 4.19. The number of non-ortho nitro benzene ring substituents is 1. The van der Waals surface area contributed by atoms with Gasteiger partial charge in [0.25, 0.3) is 5.69 Å². The third kappa shape index (κ3) is 4.52. The van der Waals surface area contributed by atoms with Gasteiger partial charge in [-0.3, -0.25) is 15.4 Å². The van der Waals surface area contributed by atoms with Gasteiger partial charge in [0.1, 0.15) is 12.6 Å². The van der Waals surface area contributed by atoms with Crippen molar-refractivity contribution in [3.05, 3.63) is 34.1 Å². The number of nitriles is 1. The van der Waals surface area contributed by atoms with Gasteiger partial charge < -0.3 is 4.74 Å². The summed E-state index contributed by atoms with van der Waals surface area (Å²) >= 11 is 0. The summed E-state index contributed by atoms with van der Waals surface area (Å²) in [6.45, 7) is 3.71. The Balaban J connectivity index is 2.68. The molecule has 0 aliphatic carbocycles. The lowest BCUT2D eigenvalue weighted by molar-refractivity contribution is -0.385. The second-order valence-corrected chi connectivity index (χ2v) is 4.19. The van der Waals surface area contributed by atoms with E-state index in [4.69, 9.17) is 10.00 Å². The molecular formula is C12H14FN3O3. The Morgan fingerprint density at radius 3 is 2.74 bits per heavy atom. The molecule has 6 nitrogen and oxygen atoms in total. The Morgan fingerprint density at radius 2 is 2.26 bits per heavy atom. The summed E-state index contributed by atoms with van der Waals surface area (Å²) in [7, 11) is 0. The van der Waals surface area contributed by atoms with E-state index in [1.807, 2.05) is 19.9 Å². The Labute approximate surface area is 109 Å². The zero-order valence-electron chi connectivity index (χ0n) is 10.6. The van der Waals surface area contributed by atoms with Crippen molar-refractivity contribution in [2.45, 2.75) is 25.9 Å². The largest absolute Gasteiger partial charge is 0.488 e. The molecule has 1 aromatic rings. The molecule has 0 aliphatic rings. The Morgan fingerprint density at radius 1 is 1.58 bits per heavy atom. The van der Waals surface area contributed by atoms with Gasteiger partial charge in [-0.1, -0.05) is 0 Å². The predicted octanol–water partition coefficient (Wildman–Crippen LogP) is 2.00. The highest BCUT2D eigenvalue weighted by atomic mass is 19.1. The van der Waals surface area contributed by atoms with Crippen molar-refractivity contribution in [2.75, 3.05) is 6.61 Å². The summed E-state index contributed by atoms with van der Waals surface area (Å²) in [5, 5.41) is 22.2. The zero-order chi connectivity index (χ0) is 14.4. The number of ether oxygens (including phenoxy) is 1. The van der Waals surface area contributed by atoms with E-state index in [9.17, 15) is 14.5 Å². The lowest BCUT2D eigenvalue weighted by atomic mass is 10.2. The number of halogens is 1. The molecular weight excluding hydrogens is 253 g/mol. The van der Waals surface area contributed by atoms with Crippen molar-refractivity contribution in [3.63, 3.8) is 0 Å². The van der Waals surface area contributed by atoms with Crippen LogP contribution in [-0.2, 0) is 0 Å². The van der Waals surface area contributed by atoms with Gasteiger partial charge in [0.2, 0.25) is 0 Å². The zero-order valence-corrected chi connectivity index (χ0v) is 10.6. The molecule has 1 rings (SSSR count). The van der Waals surface area contributed by atoms with Gasteiger partial charge in [-0.25, -0.2) is 4.39 Å². The summed E-state index contributed by atoms with van der Waals surface area (Å²) in [4.78, 5) is 9.75. The van der Waals surface area contributed by atoms with Crippen LogP contribution in [0.4, 0.5) is 10.1 Å². The average molecular weight is 267 g/mol. The van der Waals surface area contributed by atoms with Gasteiger partial charge in [0, 0.05) is 12.1 Å². The molecule has 0 spiro atoms. The van der Waals surface area contributed by atoms with Crippen molar-refractivity contribution in [1.29, 1.82) is 5.26 Å². The van der Waals surface area contributed by atoms with Crippen molar-refractivity contribution >= 4 is 5.69 Å². The minimum atomic E-state index is -0.824. The van der Waals surface area contributed by atoms with Crippen LogP contribution in [0, 0.1) is 27.3 Å². The summed E-state index contributed by atoms with van der Waals surface area (Å²) in [6.07, 6.45) is 0. The molecule has 0 heterocycles. The highest BCUT2D eigenvalue weighted by molar-refractivity contribution is 5.37. The highest BCUT2D eigenvalue weighted by Gasteiger charge is 2.14. The standard InChI is InChI=1S/C12H14FN3O3/c1-8(2)15-9(6-14)7-19-12-4-3-10(16(17)18)5-11(12)13/h3-5,8-9,15H,7H2,1-2H3. The first-order valence-corrected chi connectivity index (χ1v) is 5.66. The molecule has 0 saturated heterocycles. The number of hydrogen-bond donors (Lipinski definition) is 1. The first kappa shape index (κ1) is 14.9. The predicted molar refractivity (Wildman–Crippen MR) is 66.2 cm³/mol. The number of nitro groups is 1. The third-order valence-electron chi connectivity index (χ3n) is 2.22. The summed E-state index contributed by atoms with van der Waals surface area (Å²) < 4.78 is 18.6. The number of nitro benzene ring substituents is 1. The van der Waals surface area contributed by atoms with Crippen LogP contribution in [0.5, 0.6) is 5.75 Å². The number of nitrogens with zero attached hydrogens (tertiary/aromatic N) is 2. The molecule has 0 amide bonds. The van der Waals surface area contributed by atoms with Crippen LogP contribution in [0.2, 0.25) is 0 Å². The first-order valence-electron chi connectivity index (χ1n) is 5.66. The highest BCUT2D eigenvalue weighted by Crippen LogP contribution is 2.22. The fourth-order valence-corrected chi connectivity index (χ4v) is 1.42. The molecule has 1 atom stereocenters. The Kier molecular flexibility index (Phi) is 5.21. The van der Waals surface area contributed by atoms with Gasteiger partial charge in [-0.15, -0.1) is 0 Å². The lowest BCUT2D eigenvalue weighted by Gasteiger charge is -2.15. The molecule has 1 aromatic carbocycles. The van der Waals surface area contributed by atoms with E-state index >= 15 is 0 Å². The van der Waals surface area contributed by atoms with Gasteiger partial charge in [0.05, 0.1) is 17.1 Å². The number of hydrogen-bond acceptors (Lipinski definition) is 5. The Hall–Kier alpha value is -2.20. The second kappa shape index (κ2) is 6.66. The third-order valence-corrected chi connectivity index (χ3v) is 2.22. The molecule has 0 fully saturated rings. The maximum atomic E-state index is 13.5. The van der Waals surface area contributed by atoms with E-state index in [0.717, 1.165) is 12.1 Å². The van der Waals surface area contributed by atoms with E-state index in [1.165, 1.54) is 6.07 Å². The van der Waals surface area contributed by atoms with Crippen LogP contribution in [-0.4, -0.2) is 23.6 Å². The van der Waals surface area contributed by atoms with E-state index in [2.05, 4.69) is 5.32 Å². The average Bonchev–Trinajstić information content (AvgIpc) is 2.34. The normalized spacial score (nSPS) is 11.9. The van der Waals surface area contributed by atoms with Crippen molar-refractivity contribution < 1.29 is 14.1 Å². The maximum absolute atomic E-state index is 13.5. The first-order chi connectivity index (χ1) is 8.93. The lowest BCUT2D eigenvalue weighted by Crippen LogP contribution is -2.38. The minimum absolute atomic E-state index is 0.0383. The Bertz CT molecular complexity index is 499. The minimum Gasteiger partial charge on any atom is -0.488 e.